The fraction of sp³-hybridized carbons (Fsp3) is 0.182. The van der Waals surface area contributed by atoms with Crippen LogP contribution in [0.3, 0.4) is 0 Å². The third kappa shape index (κ3) is 3.49. The van der Waals surface area contributed by atoms with E-state index in [0.717, 1.165) is 11.3 Å². The molecule has 0 unspecified atom stereocenters. The van der Waals surface area contributed by atoms with Gasteiger partial charge in [-0.25, -0.2) is 4.98 Å². The molecular formula is C22H21N3O2. The molecule has 3 aromatic rings. The third-order valence-electron chi connectivity index (χ3n) is 4.68. The molecule has 1 aromatic heterocycles. The molecule has 0 aliphatic carbocycles. The van der Waals surface area contributed by atoms with E-state index >= 15 is 0 Å². The van der Waals surface area contributed by atoms with E-state index in [-0.39, 0.29) is 0 Å². The predicted molar refractivity (Wildman–Crippen MR) is 104 cm³/mol. The van der Waals surface area contributed by atoms with Gasteiger partial charge in [0.05, 0.1) is 5.56 Å². The zero-order chi connectivity index (χ0) is 18.8. The summed E-state index contributed by atoms with van der Waals surface area (Å²) in [4.78, 5) is 6.57. The highest BCUT2D eigenvalue weighted by Gasteiger charge is 2.26. The summed E-state index contributed by atoms with van der Waals surface area (Å²) in [5, 5.41) is 13.4. The number of aryl methyl sites for hydroxylation is 2. The summed E-state index contributed by atoms with van der Waals surface area (Å²) in [6.45, 7) is 5.30. The lowest BCUT2D eigenvalue weighted by atomic mass is 10.1. The highest BCUT2D eigenvalue weighted by atomic mass is 16.5. The van der Waals surface area contributed by atoms with Crippen LogP contribution >= 0.6 is 0 Å². The van der Waals surface area contributed by atoms with Crippen molar-refractivity contribution in [3.63, 3.8) is 0 Å². The topological polar surface area (TPSA) is 58.0 Å². The van der Waals surface area contributed by atoms with Crippen molar-refractivity contribution in [3.8, 4) is 11.6 Å². The molecule has 0 saturated heterocycles. The molecule has 5 heteroatoms. The van der Waals surface area contributed by atoms with E-state index < -0.39 is 0 Å². The zero-order valence-corrected chi connectivity index (χ0v) is 15.4. The minimum absolute atomic E-state index is 0.435. The molecule has 136 valence electrons. The molecule has 0 amide bonds. The Labute approximate surface area is 158 Å². The average Bonchev–Trinajstić information content (AvgIpc) is 3.08. The molecule has 5 nitrogen and oxygen atoms in total. The molecule has 1 aliphatic rings. The second kappa shape index (κ2) is 7.11. The van der Waals surface area contributed by atoms with Crippen LogP contribution in [-0.4, -0.2) is 20.9 Å². The summed E-state index contributed by atoms with van der Waals surface area (Å²) in [7, 11) is 0. The van der Waals surface area contributed by atoms with Gasteiger partial charge in [0.1, 0.15) is 5.75 Å². The summed E-state index contributed by atoms with van der Waals surface area (Å²) >= 11 is 0. The first-order chi connectivity index (χ1) is 13.1. The summed E-state index contributed by atoms with van der Waals surface area (Å²) in [5.74, 6) is 1.60. The van der Waals surface area contributed by atoms with Crippen LogP contribution in [0.4, 0.5) is 0 Å². The number of nitrogens with zero attached hydrogens (tertiary/aromatic N) is 3. The van der Waals surface area contributed by atoms with Gasteiger partial charge in [-0.3, -0.25) is 0 Å². The maximum absolute atomic E-state index is 9.79. The van der Waals surface area contributed by atoms with Gasteiger partial charge in [0.25, 0.3) is 0 Å². The van der Waals surface area contributed by atoms with Gasteiger partial charge in [-0.2, -0.15) is 0 Å². The molecule has 2 heterocycles. The lowest BCUT2D eigenvalue weighted by Crippen LogP contribution is -2.27. The molecule has 1 N–H and O–H groups in total. The number of rotatable bonds is 3. The predicted octanol–water partition coefficient (Wildman–Crippen LogP) is 4.64. The van der Waals surface area contributed by atoms with Gasteiger partial charge in [0, 0.05) is 18.8 Å². The summed E-state index contributed by atoms with van der Waals surface area (Å²) in [6, 6.07) is 19.8. The fourth-order valence-electron chi connectivity index (χ4n) is 3.34. The average molecular weight is 359 g/mol. The molecule has 0 saturated carbocycles. The van der Waals surface area contributed by atoms with Gasteiger partial charge >= 0.3 is 0 Å². The molecule has 0 fully saturated rings. The second-order valence-corrected chi connectivity index (χ2v) is 6.77. The van der Waals surface area contributed by atoms with E-state index in [1.54, 1.807) is 0 Å². The van der Waals surface area contributed by atoms with E-state index in [0.29, 0.717) is 36.1 Å². The van der Waals surface area contributed by atoms with E-state index in [2.05, 4.69) is 22.3 Å². The first-order valence-electron chi connectivity index (χ1n) is 8.90. The van der Waals surface area contributed by atoms with Crippen molar-refractivity contribution < 1.29 is 9.94 Å². The first-order valence-corrected chi connectivity index (χ1v) is 8.90. The summed E-state index contributed by atoms with van der Waals surface area (Å²) in [6.07, 6.45) is 0. The quantitative estimate of drug-likeness (QED) is 0.320. The van der Waals surface area contributed by atoms with Crippen LogP contribution in [0.5, 0.6) is 11.6 Å². The van der Waals surface area contributed by atoms with Crippen LogP contribution < -0.4 is 4.74 Å². The van der Waals surface area contributed by atoms with Gasteiger partial charge in [-0.05, 0) is 54.8 Å². The Morgan fingerprint density at radius 3 is 2.41 bits per heavy atom. The third-order valence-corrected chi connectivity index (χ3v) is 4.68. The maximum Gasteiger partial charge on any atom is 0.230 e. The number of oxime groups is 1. The number of fused-ring (bicyclic) bond motifs is 1. The molecule has 2 aromatic carbocycles. The van der Waals surface area contributed by atoms with E-state index in [1.165, 1.54) is 11.1 Å². The molecule has 1 aliphatic heterocycles. The van der Waals surface area contributed by atoms with Gasteiger partial charge in [0.2, 0.25) is 5.88 Å². The van der Waals surface area contributed by atoms with Gasteiger partial charge in [0.15, 0.2) is 5.84 Å². The number of ether oxygens (including phenoxy) is 1. The molecule has 0 radical (unpaired) electrons. The summed E-state index contributed by atoms with van der Waals surface area (Å²) in [5.41, 5.74) is 5.08. The van der Waals surface area contributed by atoms with E-state index in [1.807, 2.05) is 67.3 Å². The summed E-state index contributed by atoms with van der Waals surface area (Å²) < 4.78 is 6.06. The highest BCUT2D eigenvalue weighted by molar-refractivity contribution is 6.00. The minimum Gasteiger partial charge on any atom is -0.438 e. The fourth-order valence-corrected chi connectivity index (χ4v) is 3.34. The smallest absolute Gasteiger partial charge is 0.230 e. The molecule has 4 rings (SSSR count). The van der Waals surface area contributed by atoms with Crippen molar-refractivity contribution >= 4 is 5.84 Å². The number of hydrogen-bond donors (Lipinski definition) is 1. The number of aromatic nitrogens is 1. The van der Waals surface area contributed by atoms with Crippen LogP contribution in [0.1, 0.15) is 27.9 Å². The SMILES string of the molecule is Cc1cccc(Oc2nc(C)ccc2/C(=N/O)N2Cc3ccccc3C2)c1. The second-order valence-electron chi connectivity index (χ2n) is 6.77. The van der Waals surface area contributed by atoms with Crippen LogP contribution in [0.15, 0.2) is 65.8 Å². The normalized spacial score (nSPS) is 13.6. The number of amidine groups is 1. The van der Waals surface area contributed by atoms with Gasteiger partial charge < -0.3 is 14.8 Å². The molecule has 0 atom stereocenters. The molecular weight excluding hydrogens is 338 g/mol. The Kier molecular flexibility index (Phi) is 4.50. The minimum atomic E-state index is 0.435. The Hall–Kier alpha value is -3.34. The van der Waals surface area contributed by atoms with Crippen molar-refractivity contribution in [1.29, 1.82) is 0 Å². The lowest BCUT2D eigenvalue weighted by Gasteiger charge is -2.20. The van der Waals surface area contributed by atoms with E-state index in [4.69, 9.17) is 4.74 Å². The van der Waals surface area contributed by atoms with Crippen LogP contribution in [0, 0.1) is 13.8 Å². The van der Waals surface area contributed by atoms with Crippen LogP contribution in [-0.2, 0) is 13.1 Å². The van der Waals surface area contributed by atoms with Crippen LogP contribution in [0.2, 0.25) is 0 Å². The standard InChI is InChI=1S/C22H21N3O2/c1-15-6-5-9-19(12-15)27-22-20(11-10-16(2)23-22)21(24-26)25-13-17-7-3-4-8-18(17)14-25/h3-12,26H,13-14H2,1-2H3/b24-21-. The van der Waals surface area contributed by atoms with Gasteiger partial charge in [-0.15, -0.1) is 0 Å². The largest absolute Gasteiger partial charge is 0.438 e. The van der Waals surface area contributed by atoms with Crippen LogP contribution in [0.25, 0.3) is 0 Å². The number of hydrogen-bond acceptors (Lipinski definition) is 4. The Bertz CT molecular complexity index is 989. The number of pyridine rings is 1. The van der Waals surface area contributed by atoms with E-state index in [9.17, 15) is 5.21 Å². The maximum atomic E-state index is 9.79. The lowest BCUT2D eigenvalue weighted by molar-refractivity contribution is 0.301. The van der Waals surface area contributed by atoms with Crippen molar-refractivity contribution in [2.45, 2.75) is 26.9 Å². The van der Waals surface area contributed by atoms with Gasteiger partial charge in [-0.1, -0.05) is 41.6 Å². The first kappa shape index (κ1) is 17.1. The van der Waals surface area contributed by atoms with Crippen molar-refractivity contribution in [2.75, 3.05) is 0 Å². The van der Waals surface area contributed by atoms with Crippen molar-refractivity contribution in [1.82, 2.24) is 9.88 Å². The highest BCUT2D eigenvalue weighted by Crippen LogP contribution is 2.29. The zero-order valence-electron chi connectivity index (χ0n) is 15.4. The Balaban J connectivity index is 1.68. The number of benzene rings is 2. The Morgan fingerprint density at radius 2 is 1.74 bits per heavy atom. The van der Waals surface area contributed by atoms with Crippen molar-refractivity contribution in [3.05, 3.63) is 88.6 Å². The van der Waals surface area contributed by atoms with Crippen molar-refractivity contribution in [2.24, 2.45) is 5.16 Å². The Morgan fingerprint density at radius 1 is 1.00 bits per heavy atom. The monoisotopic (exact) mass is 359 g/mol. The molecule has 27 heavy (non-hydrogen) atoms. The molecule has 0 bridgehead atoms. The molecule has 0 spiro atoms.